The number of halogens is 3. The van der Waals surface area contributed by atoms with Crippen LogP contribution in [-0.4, -0.2) is 63.2 Å². The summed E-state index contributed by atoms with van der Waals surface area (Å²) in [5.74, 6) is 0.170. The van der Waals surface area contributed by atoms with Crippen molar-refractivity contribution in [2.75, 3.05) is 24.6 Å². The zero-order valence-corrected chi connectivity index (χ0v) is 12.6. The number of H-pyrrole nitrogens is 1. The molecule has 3 rings (SSSR count). The van der Waals surface area contributed by atoms with Gasteiger partial charge in [-0.15, -0.1) is 5.10 Å². The number of nitrogens with one attached hydrogen (secondary N) is 2. The van der Waals surface area contributed by atoms with E-state index in [-0.39, 0.29) is 17.6 Å². The third-order valence-corrected chi connectivity index (χ3v) is 3.41. The molecule has 1 aliphatic heterocycles. The maximum Gasteiger partial charge on any atom is 0.422 e. The highest BCUT2D eigenvalue weighted by Crippen LogP contribution is 2.27. The summed E-state index contributed by atoms with van der Waals surface area (Å²) in [5.41, 5.74) is 0.512. The molecule has 3 heterocycles. The smallest absolute Gasteiger partial charge is 0.422 e. The van der Waals surface area contributed by atoms with Crippen molar-refractivity contribution in [3.63, 3.8) is 0 Å². The van der Waals surface area contributed by atoms with Crippen LogP contribution in [-0.2, 0) is 4.79 Å². The van der Waals surface area contributed by atoms with Crippen LogP contribution in [0.1, 0.15) is 13.3 Å². The Kier molecular flexibility index (Phi) is 4.11. The summed E-state index contributed by atoms with van der Waals surface area (Å²) in [7, 11) is 0. The summed E-state index contributed by atoms with van der Waals surface area (Å²) in [6.07, 6.45) is -3.81. The van der Waals surface area contributed by atoms with Crippen LogP contribution < -0.4 is 15.0 Å². The molecule has 0 aromatic carbocycles. The van der Waals surface area contributed by atoms with Crippen molar-refractivity contribution in [3.05, 3.63) is 0 Å². The van der Waals surface area contributed by atoms with Crippen LogP contribution in [0.2, 0.25) is 0 Å². The Morgan fingerprint density at radius 2 is 2.25 bits per heavy atom. The van der Waals surface area contributed by atoms with Gasteiger partial charge in [-0.25, -0.2) is 5.10 Å². The van der Waals surface area contributed by atoms with Gasteiger partial charge >= 0.3 is 12.2 Å². The lowest BCUT2D eigenvalue weighted by Gasteiger charge is -2.18. The van der Waals surface area contributed by atoms with Gasteiger partial charge in [0.1, 0.15) is 0 Å². The van der Waals surface area contributed by atoms with E-state index in [0.717, 1.165) is 0 Å². The highest BCUT2D eigenvalue weighted by molar-refractivity contribution is 5.83. The molecule has 1 aliphatic rings. The lowest BCUT2D eigenvalue weighted by Crippen LogP contribution is -2.35. The highest BCUT2D eigenvalue weighted by atomic mass is 19.4. The van der Waals surface area contributed by atoms with Crippen molar-refractivity contribution in [1.29, 1.82) is 0 Å². The van der Waals surface area contributed by atoms with Crippen LogP contribution >= 0.6 is 0 Å². The van der Waals surface area contributed by atoms with E-state index in [1.165, 1.54) is 6.92 Å². The Hall–Kier alpha value is -2.66. The molecule has 130 valence electrons. The van der Waals surface area contributed by atoms with E-state index in [4.69, 9.17) is 0 Å². The minimum atomic E-state index is -4.49. The number of aromatic nitrogens is 5. The number of carbonyl (C=O) groups excluding carboxylic acids is 1. The van der Waals surface area contributed by atoms with Gasteiger partial charge in [0.2, 0.25) is 5.91 Å². The minimum Gasteiger partial charge on any atom is -0.454 e. The maximum absolute atomic E-state index is 12.3. The van der Waals surface area contributed by atoms with Crippen molar-refractivity contribution in [1.82, 2.24) is 30.7 Å². The Morgan fingerprint density at radius 1 is 1.46 bits per heavy atom. The first kappa shape index (κ1) is 16.2. The average Bonchev–Trinajstić information content (AvgIpc) is 3.11. The largest absolute Gasteiger partial charge is 0.454 e. The van der Waals surface area contributed by atoms with Crippen LogP contribution in [0.25, 0.3) is 11.2 Å². The number of nitrogens with zero attached hydrogens (tertiary/aromatic N) is 5. The summed E-state index contributed by atoms with van der Waals surface area (Å²) < 4.78 is 41.5. The maximum atomic E-state index is 12.3. The van der Waals surface area contributed by atoms with Crippen LogP contribution in [0.15, 0.2) is 0 Å². The van der Waals surface area contributed by atoms with Gasteiger partial charge in [-0.05, 0) is 6.42 Å². The Morgan fingerprint density at radius 3 is 2.96 bits per heavy atom. The third kappa shape index (κ3) is 3.63. The lowest BCUT2D eigenvalue weighted by atomic mass is 10.3. The summed E-state index contributed by atoms with van der Waals surface area (Å²) in [6.45, 7) is 0.945. The van der Waals surface area contributed by atoms with Crippen LogP contribution in [0.4, 0.5) is 19.0 Å². The van der Waals surface area contributed by atoms with E-state index in [1.54, 1.807) is 4.90 Å². The number of alkyl halides is 3. The number of ether oxygens (including phenoxy) is 1. The van der Waals surface area contributed by atoms with Crippen molar-refractivity contribution >= 4 is 22.9 Å². The lowest BCUT2D eigenvalue weighted by molar-refractivity contribution is -0.154. The zero-order valence-electron chi connectivity index (χ0n) is 12.6. The number of carbonyl (C=O) groups is 1. The fourth-order valence-electron chi connectivity index (χ4n) is 2.50. The van der Waals surface area contributed by atoms with E-state index in [1.807, 2.05) is 0 Å². The van der Waals surface area contributed by atoms with Crippen LogP contribution in [0.3, 0.4) is 0 Å². The SMILES string of the molecule is CC(=O)N[C@H]1CCN(c2nc(OCC(F)(F)F)nc3[nH]nnc23)C1. The fourth-order valence-corrected chi connectivity index (χ4v) is 2.50. The second-order valence-corrected chi connectivity index (χ2v) is 5.37. The Balaban J connectivity index is 1.84. The summed E-state index contributed by atoms with van der Waals surface area (Å²) >= 11 is 0. The Bertz CT molecular complexity index is 748. The standard InChI is InChI=1S/C12H14F3N7O2/c1-6(23)16-7-2-3-22(4-7)10-8-9(20-21-19-8)17-11(18-10)24-5-12(13,14)15/h7H,2-5H2,1H3,(H,16,23)(H,17,18,19,20,21)/t7-/m0/s1. The molecule has 1 fully saturated rings. The molecule has 0 bridgehead atoms. The van der Waals surface area contributed by atoms with Crippen molar-refractivity contribution in [2.45, 2.75) is 25.6 Å². The van der Waals surface area contributed by atoms with Gasteiger partial charge in [0.15, 0.2) is 23.6 Å². The zero-order chi connectivity index (χ0) is 17.3. The molecule has 1 atom stereocenters. The molecule has 0 saturated carbocycles. The molecule has 1 saturated heterocycles. The van der Waals surface area contributed by atoms with Crippen LogP contribution in [0.5, 0.6) is 6.01 Å². The van der Waals surface area contributed by atoms with E-state index >= 15 is 0 Å². The third-order valence-electron chi connectivity index (χ3n) is 3.41. The Labute approximate surface area is 133 Å². The fraction of sp³-hybridized carbons (Fsp3) is 0.583. The number of aromatic amines is 1. The van der Waals surface area contributed by atoms with Gasteiger partial charge < -0.3 is 15.0 Å². The highest BCUT2D eigenvalue weighted by Gasteiger charge is 2.30. The molecular formula is C12H14F3N7O2. The molecule has 0 aliphatic carbocycles. The number of anilines is 1. The summed E-state index contributed by atoms with van der Waals surface area (Å²) in [5, 5.41) is 12.8. The molecule has 0 radical (unpaired) electrons. The van der Waals surface area contributed by atoms with Gasteiger partial charge in [-0.3, -0.25) is 4.79 Å². The molecular weight excluding hydrogens is 331 g/mol. The monoisotopic (exact) mass is 345 g/mol. The van der Waals surface area contributed by atoms with E-state index < -0.39 is 18.8 Å². The second kappa shape index (κ2) is 6.09. The van der Waals surface area contributed by atoms with Crippen molar-refractivity contribution < 1.29 is 22.7 Å². The van der Waals surface area contributed by atoms with Gasteiger partial charge in [0.05, 0.1) is 0 Å². The molecule has 12 heteroatoms. The topological polar surface area (TPSA) is 109 Å². The number of rotatable bonds is 4. The first-order valence-corrected chi connectivity index (χ1v) is 7.12. The van der Waals surface area contributed by atoms with Crippen LogP contribution in [0, 0.1) is 0 Å². The normalized spacial score (nSPS) is 18.2. The van der Waals surface area contributed by atoms with Crippen molar-refractivity contribution in [3.8, 4) is 6.01 Å². The molecule has 2 aromatic heterocycles. The van der Waals surface area contributed by atoms with E-state index in [9.17, 15) is 18.0 Å². The van der Waals surface area contributed by atoms with Gasteiger partial charge in [-0.1, -0.05) is 5.21 Å². The van der Waals surface area contributed by atoms with Gasteiger partial charge in [0, 0.05) is 26.1 Å². The average molecular weight is 345 g/mol. The molecule has 2 aromatic rings. The number of amides is 1. The predicted molar refractivity (Wildman–Crippen MR) is 75.5 cm³/mol. The van der Waals surface area contributed by atoms with E-state index in [2.05, 4.69) is 35.4 Å². The summed E-state index contributed by atoms with van der Waals surface area (Å²) in [6, 6.07) is -0.484. The van der Waals surface area contributed by atoms with Gasteiger partial charge in [-0.2, -0.15) is 23.1 Å². The summed E-state index contributed by atoms with van der Waals surface area (Å²) in [4.78, 5) is 20.8. The molecule has 0 spiro atoms. The number of hydrogen-bond acceptors (Lipinski definition) is 7. The first-order valence-electron chi connectivity index (χ1n) is 7.12. The first-order chi connectivity index (χ1) is 11.3. The molecule has 2 N–H and O–H groups in total. The van der Waals surface area contributed by atoms with E-state index in [0.29, 0.717) is 30.8 Å². The minimum absolute atomic E-state index is 0.0704. The molecule has 0 unspecified atom stereocenters. The molecule has 1 amide bonds. The predicted octanol–water partition coefficient (Wildman–Crippen LogP) is 0.404. The molecule has 9 nitrogen and oxygen atoms in total. The number of hydrogen-bond donors (Lipinski definition) is 2. The second-order valence-electron chi connectivity index (χ2n) is 5.37. The van der Waals surface area contributed by atoms with Gasteiger partial charge in [0.25, 0.3) is 0 Å². The van der Waals surface area contributed by atoms with Crippen molar-refractivity contribution in [2.24, 2.45) is 0 Å². The quantitative estimate of drug-likeness (QED) is 0.826. The number of fused-ring (bicyclic) bond motifs is 1. The molecule has 24 heavy (non-hydrogen) atoms.